The second kappa shape index (κ2) is 9.47. The number of rotatable bonds is 8. The van der Waals surface area contributed by atoms with Gasteiger partial charge in [-0.1, -0.05) is 48.1 Å². The maximum absolute atomic E-state index is 13.4. The first-order chi connectivity index (χ1) is 14.2. The molecular weight excluding hydrogens is 471 g/mol. The van der Waals surface area contributed by atoms with Gasteiger partial charge in [-0.2, -0.15) is 0 Å². The lowest BCUT2D eigenvalue weighted by Crippen LogP contribution is -2.36. The molecular formula is C20H19Cl3N2O4S. The fraction of sp³-hybridized carbons (Fsp3) is 0.250. The van der Waals surface area contributed by atoms with Crippen LogP contribution in [-0.2, 0) is 19.6 Å². The van der Waals surface area contributed by atoms with E-state index >= 15 is 0 Å². The molecule has 0 fully saturated rings. The maximum atomic E-state index is 13.4. The third-order valence-electron chi connectivity index (χ3n) is 4.36. The Hall–Kier alpha value is -1.93. The zero-order chi connectivity index (χ0) is 21.9. The number of hydrogen-bond donors (Lipinski definition) is 1. The highest BCUT2D eigenvalue weighted by atomic mass is 35.5. The number of ether oxygens (including phenoxy) is 1. The van der Waals surface area contributed by atoms with Gasteiger partial charge in [0.05, 0.1) is 22.2 Å². The summed E-state index contributed by atoms with van der Waals surface area (Å²) < 4.78 is 33.0. The van der Waals surface area contributed by atoms with E-state index in [1.807, 2.05) is 6.92 Å². The first-order valence-corrected chi connectivity index (χ1v) is 11.7. The molecule has 1 aromatic heterocycles. The molecule has 1 N–H and O–H groups in total. The van der Waals surface area contributed by atoms with E-state index in [1.54, 1.807) is 24.4 Å². The second-order valence-electron chi connectivity index (χ2n) is 6.56. The van der Waals surface area contributed by atoms with Crippen LogP contribution < -0.4 is 4.31 Å². The average Bonchev–Trinajstić information content (AvgIpc) is 3.06. The Morgan fingerprint density at radius 1 is 1.10 bits per heavy atom. The smallest absolute Gasteiger partial charge is 0.326 e. The molecule has 0 unspecified atom stereocenters. The summed E-state index contributed by atoms with van der Waals surface area (Å²) in [6, 6.07) is 8.85. The molecule has 3 aromatic rings. The summed E-state index contributed by atoms with van der Waals surface area (Å²) in [6.45, 7) is 1.67. The van der Waals surface area contributed by atoms with Gasteiger partial charge in [-0.3, -0.25) is 9.10 Å². The van der Waals surface area contributed by atoms with Gasteiger partial charge in [0, 0.05) is 27.1 Å². The summed E-state index contributed by atoms with van der Waals surface area (Å²) in [6.07, 6.45) is 3.14. The quantitative estimate of drug-likeness (QED) is 0.327. The number of benzene rings is 2. The van der Waals surface area contributed by atoms with E-state index in [-0.39, 0.29) is 27.2 Å². The molecule has 0 atom stereocenters. The van der Waals surface area contributed by atoms with E-state index in [9.17, 15) is 13.2 Å². The Morgan fingerprint density at radius 3 is 2.47 bits per heavy atom. The Balaban J connectivity index is 2.05. The van der Waals surface area contributed by atoms with Crippen molar-refractivity contribution in [3.05, 3.63) is 57.7 Å². The Labute approximate surface area is 189 Å². The number of H-pyrrole nitrogens is 1. The van der Waals surface area contributed by atoms with Crippen LogP contribution in [0.5, 0.6) is 0 Å². The molecule has 1 heterocycles. The Bertz CT molecular complexity index is 1160. The SMILES string of the molecule is CCCCOC(=O)CN(c1ccc2[nH]cc(Cl)c2c1)S(=O)(=O)c1cc(Cl)cc(Cl)c1. The molecule has 0 aliphatic rings. The van der Waals surface area contributed by atoms with Crippen LogP contribution in [0.25, 0.3) is 10.9 Å². The molecule has 0 spiro atoms. The van der Waals surface area contributed by atoms with Gasteiger partial charge in [0.25, 0.3) is 10.0 Å². The van der Waals surface area contributed by atoms with Gasteiger partial charge < -0.3 is 9.72 Å². The van der Waals surface area contributed by atoms with Crippen LogP contribution in [0, 0.1) is 0 Å². The van der Waals surface area contributed by atoms with Crippen molar-refractivity contribution in [2.75, 3.05) is 17.5 Å². The van der Waals surface area contributed by atoms with Crippen LogP contribution >= 0.6 is 34.8 Å². The highest BCUT2D eigenvalue weighted by molar-refractivity contribution is 7.92. The lowest BCUT2D eigenvalue weighted by atomic mass is 10.2. The summed E-state index contributed by atoms with van der Waals surface area (Å²) in [7, 11) is -4.18. The number of sulfonamides is 1. The third kappa shape index (κ3) is 5.03. The second-order valence-corrected chi connectivity index (χ2v) is 9.70. The molecule has 0 amide bonds. The predicted octanol–water partition coefficient (Wildman–Crippen LogP) is 5.67. The van der Waals surface area contributed by atoms with E-state index in [0.717, 1.165) is 16.2 Å². The van der Waals surface area contributed by atoms with Crippen molar-refractivity contribution in [1.29, 1.82) is 0 Å². The Morgan fingerprint density at radius 2 is 1.80 bits per heavy atom. The molecule has 0 aliphatic carbocycles. The maximum Gasteiger partial charge on any atom is 0.326 e. The lowest BCUT2D eigenvalue weighted by molar-refractivity contribution is -0.141. The predicted molar refractivity (Wildman–Crippen MR) is 120 cm³/mol. The number of carbonyl (C=O) groups is 1. The molecule has 160 valence electrons. The molecule has 0 saturated heterocycles. The highest BCUT2D eigenvalue weighted by Gasteiger charge is 2.29. The molecule has 0 aliphatic heterocycles. The van der Waals surface area contributed by atoms with Crippen molar-refractivity contribution < 1.29 is 17.9 Å². The molecule has 6 nitrogen and oxygen atoms in total. The molecule has 2 aromatic carbocycles. The van der Waals surface area contributed by atoms with Gasteiger partial charge in [0.15, 0.2) is 0 Å². The Kier molecular flexibility index (Phi) is 7.18. The van der Waals surface area contributed by atoms with Gasteiger partial charge in [-0.05, 0) is 42.8 Å². The number of anilines is 1. The topological polar surface area (TPSA) is 79.5 Å². The van der Waals surface area contributed by atoms with Crippen LogP contribution in [0.4, 0.5) is 5.69 Å². The minimum absolute atomic E-state index is 0.137. The molecule has 30 heavy (non-hydrogen) atoms. The minimum atomic E-state index is -4.18. The fourth-order valence-electron chi connectivity index (χ4n) is 2.84. The zero-order valence-electron chi connectivity index (χ0n) is 16.0. The largest absolute Gasteiger partial charge is 0.464 e. The fourth-order valence-corrected chi connectivity index (χ4v) is 5.18. The van der Waals surface area contributed by atoms with Crippen LogP contribution in [0.1, 0.15) is 19.8 Å². The first-order valence-electron chi connectivity index (χ1n) is 9.13. The zero-order valence-corrected chi connectivity index (χ0v) is 19.1. The van der Waals surface area contributed by atoms with Crippen molar-refractivity contribution >= 4 is 67.4 Å². The van der Waals surface area contributed by atoms with E-state index < -0.39 is 22.5 Å². The number of halogens is 3. The summed E-state index contributed by atoms with van der Waals surface area (Å²) in [5.41, 5.74) is 0.991. The molecule has 10 heteroatoms. The van der Waals surface area contributed by atoms with E-state index in [2.05, 4.69) is 4.98 Å². The van der Waals surface area contributed by atoms with Gasteiger partial charge in [-0.15, -0.1) is 0 Å². The first kappa shape index (κ1) is 22.7. The van der Waals surface area contributed by atoms with Gasteiger partial charge in [0.1, 0.15) is 6.54 Å². The number of hydrogen-bond acceptors (Lipinski definition) is 4. The van der Waals surface area contributed by atoms with Crippen LogP contribution in [0.15, 0.2) is 47.5 Å². The lowest BCUT2D eigenvalue weighted by Gasteiger charge is -2.24. The van der Waals surface area contributed by atoms with Crippen molar-refractivity contribution in [1.82, 2.24) is 4.98 Å². The standard InChI is InChI=1S/C20H19Cl3N2O4S/c1-2-3-6-29-20(26)12-25(15-4-5-19-17(10-15)18(23)11-24-19)30(27,28)16-8-13(21)7-14(22)9-16/h4-5,7-11,24H,2-3,6,12H2,1H3. The number of carbonyl (C=O) groups excluding carboxylic acids is 1. The van der Waals surface area contributed by atoms with Crippen molar-refractivity contribution in [2.45, 2.75) is 24.7 Å². The summed E-state index contributed by atoms with van der Waals surface area (Å²) in [5.74, 6) is -0.666. The van der Waals surface area contributed by atoms with E-state index in [1.165, 1.54) is 18.2 Å². The number of nitrogens with one attached hydrogen (secondary N) is 1. The van der Waals surface area contributed by atoms with E-state index in [0.29, 0.717) is 16.8 Å². The molecule has 0 radical (unpaired) electrons. The number of nitrogens with zero attached hydrogens (tertiary/aromatic N) is 1. The summed E-state index contributed by atoms with van der Waals surface area (Å²) in [5, 5.41) is 1.38. The number of aromatic nitrogens is 1. The number of unbranched alkanes of at least 4 members (excludes halogenated alkanes) is 1. The number of aromatic amines is 1. The van der Waals surface area contributed by atoms with Crippen LogP contribution in [-0.4, -0.2) is 32.5 Å². The third-order valence-corrected chi connectivity index (χ3v) is 6.86. The molecule has 0 saturated carbocycles. The number of esters is 1. The molecule has 0 bridgehead atoms. The van der Waals surface area contributed by atoms with Gasteiger partial charge in [0.2, 0.25) is 0 Å². The number of fused-ring (bicyclic) bond motifs is 1. The van der Waals surface area contributed by atoms with Crippen LogP contribution in [0.3, 0.4) is 0 Å². The van der Waals surface area contributed by atoms with E-state index in [4.69, 9.17) is 39.5 Å². The monoisotopic (exact) mass is 488 g/mol. The highest BCUT2D eigenvalue weighted by Crippen LogP contribution is 2.32. The summed E-state index contributed by atoms with van der Waals surface area (Å²) >= 11 is 18.2. The van der Waals surface area contributed by atoms with Crippen molar-refractivity contribution in [3.8, 4) is 0 Å². The molecule has 3 rings (SSSR count). The van der Waals surface area contributed by atoms with Crippen molar-refractivity contribution in [2.24, 2.45) is 0 Å². The van der Waals surface area contributed by atoms with Crippen LogP contribution in [0.2, 0.25) is 15.1 Å². The normalized spacial score (nSPS) is 11.6. The van der Waals surface area contributed by atoms with Gasteiger partial charge in [-0.25, -0.2) is 8.42 Å². The summed E-state index contributed by atoms with van der Waals surface area (Å²) in [4.78, 5) is 15.2. The minimum Gasteiger partial charge on any atom is -0.464 e. The average molecular weight is 490 g/mol. The van der Waals surface area contributed by atoms with Crippen molar-refractivity contribution in [3.63, 3.8) is 0 Å². The van der Waals surface area contributed by atoms with Gasteiger partial charge >= 0.3 is 5.97 Å².